The summed E-state index contributed by atoms with van der Waals surface area (Å²) in [5.74, 6) is 1.43. The van der Waals surface area contributed by atoms with Gasteiger partial charge in [-0.3, -0.25) is 9.78 Å². The average Bonchev–Trinajstić information content (AvgIpc) is 3.47. The standard InChI is InChI=1S/C29H31N9OS/c1-16(2)33-23-10-24(25-8-7-21-9-17(11-30)12-32-38(21)25)31-13-22(23)28-35-36-29(40-28)37-14-19-5-6-20(15-37)26(19)34-27(39)18-3-4-18/h7-10,12-13,16,18-20,26H,3-6,14-15H2,1-2H3,(H,31,33)(H,34,39)/t19-,20+,26?. The van der Waals surface area contributed by atoms with E-state index in [1.165, 1.54) is 0 Å². The highest BCUT2D eigenvalue weighted by Crippen LogP contribution is 2.42. The predicted molar refractivity (Wildman–Crippen MR) is 154 cm³/mol. The second kappa shape index (κ2) is 9.86. The Morgan fingerprint density at radius 2 is 1.90 bits per heavy atom. The molecule has 40 heavy (non-hydrogen) atoms. The molecule has 10 nitrogen and oxygen atoms in total. The molecule has 3 fully saturated rings. The Morgan fingerprint density at radius 1 is 1.10 bits per heavy atom. The van der Waals surface area contributed by atoms with Crippen LogP contribution in [0.25, 0.3) is 27.5 Å². The van der Waals surface area contributed by atoms with Crippen molar-refractivity contribution >= 4 is 33.6 Å². The number of nitrogens with zero attached hydrogens (tertiary/aromatic N) is 7. The van der Waals surface area contributed by atoms with Gasteiger partial charge in [0.1, 0.15) is 6.07 Å². The van der Waals surface area contributed by atoms with Crippen molar-refractivity contribution in [3.63, 3.8) is 0 Å². The SMILES string of the molecule is CC(C)Nc1cc(-c2ccc3cc(C#N)cnn23)ncc1-c1nnc(N2C[C@H]3CC[C@@H](C2)C3NC(=O)C2CC2)s1. The minimum Gasteiger partial charge on any atom is -0.382 e. The maximum absolute atomic E-state index is 12.4. The lowest BCUT2D eigenvalue weighted by atomic mass is 9.92. The molecule has 1 unspecified atom stereocenters. The van der Waals surface area contributed by atoms with Gasteiger partial charge in [0.15, 0.2) is 5.01 Å². The van der Waals surface area contributed by atoms with Gasteiger partial charge in [0, 0.05) is 43.0 Å². The molecule has 11 heteroatoms. The average molecular weight is 554 g/mol. The Balaban J connectivity index is 1.14. The second-order valence-corrected chi connectivity index (χ2v) is 12.5. The van der Waals surface area contributed by atoms with Crippen molar-refractivity contribution < 1.29 is 4.79 Å². The van der Waals surface area contributed by atoms with Crippen LogP contribution in [0.15, 0.2) is 36.7 Å². The summed E-state index contributed by atoms with van der Waals surface area (Å²) in [6.07, 6.45) is 7.81. The second-order valence-electron chi connectivity index (χ2n) is 11.5. The molecule has 0 spiro atoms. The van der Waals surface area contributed by atoms with Gasteiger partial charge in [-0.2, -0.15) is 10.4 Å². The number of rotatable bonds is 7. The van der Waals surface area contributed by atoms with Gasteiger partial charge in [0.25, 0.3) is 0 Å². The lowest BCUT2D eigenvalue weighted by Crippen LogP contribution is -2.53. The Labute approximate surface area is 236 Å². The molecule has 3 aliphatic rings. The summed E-state index contributed by atoms with van der Waals surface area (Å²) in [7, 11) is 0. The van der Waals surface area contributed by atoms with Crippen molar-refractivity contribution in [3.8, 4) is 28.0 Å². The Morgan fingerprint density at radius 3 is 2.62 bits per heavy atom. The fourth-order valence-electron chi connectivity index (χ4n) is 6.14. The van der Waals surface area contributed by atoms with Crippen molar-refractivity contribution in [3.05, 3.63) is 42.2 Å². The summed E-state index contributed by atoms with van der Waals surface area (Å²) in [5, 5.41) is 31.5. The van der Waals surface area contributed by atoms with E-state index in [4.69, 9.17) is 4.98 Å². The molecule has 204 valence electrons. The van der Waals surface area contributed by atoms with Crippen LogP contribution in [0.5, 0.6) is 0 Å². The highest BCUT2D eigenvalue weighted by molar-refractivity contribution is 7.18. The molecule has 2 bridgehead atoms. The number of pyridine rings is 1. The fourth-order valence-corrected chi connectivity index (χ4v) is 7.03. The highest BCUT2D eigenvalue weighted by Gasteiger charge is 2.45. The number of nitrogens with one attached hydrogen (secondary N) is 2. The molecule has 0 aromatic carbocycles. The maximum atomic E-state index is 12.4. The minimum atomic E-state index is 0.210. The van der Waals surface area contributed by atoms with Crippen molar-refractivity contribution in [2.45, 2.75) is 51.6 Å². The van der Waals surface area contributed by atoms with Gasteiger partial charge in [0.05, 0.1) is 34.2 Å². The van der Waals surface area contributed by atoms with Crippen molar-refractivity contribution in [2.75, 3.05) is 23.3 Å². The van der Waals surface area contributed by atoms with Gasteiger partial charge < -0.3 is 15.5 Å². The number of hydrogen-bond acceptors (Lipinski definition) is 9. The summed E-state index contributed by atoms with van der Waals surface area (Å²) in [4.78, 5) is 19.6. The van der Waals surface area contributed by atoms with Crippen molar-refractivity contribution in [1.29, 1.82) is 5.26 Å². The first-order valence-electron chi connectivity index (χ1n) is 14.0. The zero-order valence-electron chi connectivity index (χ0n) is 22.5. The van der Waals surface area contributed by atoms with E-state index in [1.807, 2.05) is 30.5 Å². The van der Waals surface area contributed by atoms with Gasteiger partial charge in [-0.1, -0.05) is 11.3 Å². The molecule has 1 saturated heterocycles. The zero-order chi connectivity index (χ0) is 27.4. The molecule has 2 N–H and O–H groups in total. The number of anilines is 2. The fraction of sp³-hybridized carbons (Fsp3) is 0.448. The number of piperidine rings is 1. The van der Waals surface area contributed by atoms with Crippen LogP contribution < -0.4 is 15.5 Å². The molecule has 3 atom stereocenters. The Hall–Kier alpha value is -4.04. The monoisotopic (exact) mass is 553 g/mol. The molecule has 4 aromatic rings. The van der Waals surface area contributed by atoms with E-state index in [2.05, 4.69) is 50.7 Å². The van der Waals surface area contributed by atoms with E-state index in [1.54, 1.807) is 22.0 Å². The van der Waals surface area contributed by atoms with Crippen LogP contribution in [0.3, 0.4) is 0 Å². The van der Waals surface area contributed by atoms with Crippen LogP contribution in [0, 0.1) is 29.1 Å². The van der Waals surface area contributed by atoms with Crippen LogP contribution in [-0.4, -0.2) is 55.9 Å². The zero-order valence-corrected chi connectivity index (χ0v) is 23.4. The number of hydrogen-bond donors (Lipinski definition) is 2. The third kappa shape index (κ3) is 4.56. The molecule has 2 saturated carbocycles. The van der Waals surface area contributed by atoms with Crippen LogP contribution >= 0.6 is 11.3 Å². The lowest BCUT2D eigenvalue weighted by Gasteiger charge is -2.38. The van der Waals surface area contributed by atoms with Crippen LogP contribution in [0.1, 0.15) is 45.1 Å². The summed E-state index contributed by atoms with van der Waals surface area (Å²) >= 11 is 1.59. The first kappa shape index (κ1) is 25.0. The smallest absolute Gasteiger partial charge is 0.223 e. The molecular weight excluding hydrogens is 522 g/mol. The molecule has 0 radical (unpaired) electrons. The number of amides is 1. The van der Waals surface area contributed by atoms with Crippen LogP contribution in [0.4, 0.5) is 10.8 Å². The van der Waals surface area contributed by atoms with E-state index in [-0.39, 0.29) is 17.9 Å². The third-order valence-corrected chi connectivity index (χ3v) is 9.26. The molecule has 1 aliphatic heterocycles. The molecule has 4 aromatic heterocycles. The van der Waals surface area contributed by atoms with Gasteiger partial charge in [0.2, 0.25) is 11.0 Å². The number of aromatic nitrogens is 5. The van der Waals surface area contributed by atoms with Gasteiger partial charge >= 0.3 is 0 Å². The lowest BCUT2D eigenvalue weighted by molar-refractivity contribution is -0.123. The molecule has 2 aliphatic carbocycles. The van der Waals surface area contributed by atoms with Crippen LogP contribution in [-0.2, 0) is 4.79 Å². The van der Waals surface area contributed by atoms with E-state index in [9.17, 15) is 10.1 Å². The molecule has 7 rings (SSSR count). The maximum Gasteiger partial charge on any atom is 0.223 e. The number of carbonyl (C=O) groups excluding carboxylic acids is 1. The summed E-state index contributed by atoms with van der Waals surface area (Å²) in [6, 6.07) is 10.4. The number of fused-ring (bicyclic) bond motifs is 3. The highest BCUT2D eigenvalue weighted by atomic mass is 32.1. The number of carbonyl (C=O) groups is 1. The van der Waals surface area contributed by atoms with Gasteiger partial charge in [-0.05, 0) is 75.6 Å². The quantitative estimate of drug-likeness (QED) is 0.346. The van der Waals surface area contributed by atoms with E-state index >= 15 is 0 Å². The summed E-state index contributed by atoms with van der Waals surface area (Å²) < 4.78 is 1.80. The molecule has 5 heterocycles. The Bertz CT molecular complexity index is 1620. The van der Waals surface area contributed by atoms with E-state index in [0.717, 1.165) is 77.1 Å². The predicted octanol–water partition coefficient (Wildman–Crippen LogP) is 4.35. The van der Waals surface area contributed by atoms with E-state index in [0.29, 0.717) is 23.4 Å². The summed E-state index contributed by atoms with van der Waals surface area (Å²) in [5.41, 5.74) is 4.85. The normalized spacial score (nSPS) is 22.1. The Kier molecular flexibility index (Phi) is 6.15. The number of nitriles is 1. The van der Waals surface area contributed by atoms with Gasteiger partial charge in [-0.15, -0.1) is 10.2 Å². The topological polar surface area (TPSA) is 124 Å². The van der Waals surface area contributed by atoms with Crippen LogP contribution in [0.2, 0.25) is 0 Å². The van der Waals surface area contributed by atoms with Gasteiger partial charge in [-0.25, -0.2) is 4.52 Å². The largest absolute Gasteiger partial charge is 0.382 e. The van der Waals surface area contributed by atoms with Crippen molar-refractivity contribution in [2.24, 2.45) is 17.8 Å². The molecule has 1 amide bonds. The first-order chi connectivity index (χ1) is 19.5. The van der Waals surface area contributed by atoms with Crippen molar-refractivity contribution in [1.82, 2.24) is 30.1 Å². The third-order valence-electron chi connectivity index (χ3n) is 8.25. The minimum absolute atomic E-state index is 0.210. The first-order valence-corrected chi connectivity index (χ1v) is 14.8. The van der Waals surface area contributed by atoms with E-state index < -0.39 is 0 Å². The summed E-state index contributed by atoms with van der Waals surface area (Å²) in [6.45, 7) is 6.01. The molecular formula is C29H31N9OS.